The Labute approximate surface area is 224 Å². The molecule has 0 aromatic carbocycles. The molecule has 0 saturated carbocycles. The average molecular weight is 516 g/mol. The lowest BCUT2D eigenvalue weighted by molar-refractivity contribution is 0.0950. The quantitative estimate of drug-likeness (QED) is 0.488. The predicted molar refractivity (Wildman–Crippen MR) is 148 cm³/mol. The summed E-state index contributed by atoms with van der Waals surface area (Å²) in [7, 11) is 6.15. The molecule has 2 aliphatic heterocycles. The fourth-order valence-electron chi connectivity index (χ4n) is 5.03. The highest BCUT2D eigenvalue weighted by atomic mass is 16.1. The zero-order valence-corrected chi connectivity index (χ0v) is 22.6. The van der Waals surface area contributed by atoms with Crippen molar-refractivity contribution in [1.82, 2.24) is 39.6 Å². The third-order valence-electron chi connectivity index (χ3n) is 7.37. The highest BCUT2D eigenvalue weighted by Gasteiger charge is 2.27. The number of aromatic nitrogens is 4. The second-order valence-electron chi connectivity index (χ2n) is 10.4. The van der Waals surface area contributed by atoms with Gasteiger partial charge in [-0.25, -0.2) is 9.50 Å². The Balaban J connectivity index is 1.25. The van der Waals surface area contributed by atoms with Gasteiger partial charge < -0.3 is 20.0 Å². The first-order chi connectivity index (χ1) is 18.5. The minimum Gasteiger partial charge on any atom is -0.355 e. The minimum absolute atomic E-state index is 0.152. The Bertz CT molecular complexity index is 1310. The minimum atomic E-state index is -0.152. The van der Waals surface area contributed by atoms with E-state index in [1.54, 1.807) is 29.2 Å². The highest BCUT2D eigenvalue weighted by Crippen LogP contribution is 2.22. The molecule has 2 saturated heterocycles. The summed E-state index contributed by atoms with van der Waals surface area (Å²) in [6.07, 6.45) is 7.28. The summed E-state index contributed by atoms with van der Waals surface area (Å²) >= 11 is 0. The van der Waals surface area contributed by atoms with Gasteiger partial charge in [-0.05, 0) is 58.1 Å². The van der Waals surface area contributed by atoms with Gasteiger partial charge in [-0.1, -0.05) is 5.92 Å². The molecule has 5 heterocycles. The molecule has 0 unspecified atom stereocenters. The van der Waals surface area contributed by atoms with Crippen molar-refractivity contribution in [3.05, 3.63) is 53.6 Å². The van der Waals surface area contributed by atoms with Crippen LogP contribution in [-0.2, 0) is 0 Å². The second-order valence-corrected chi connectivity index (χ2v) is 10.4. The van der Waals surface area contributed by atoms with Gasteiger partial charge in [0.25, 0.3) is 5.91 Å². The molecular weight excluding hydrogens is 478 g/mol. The monoisotopic (exact) mass is 515 g/mol. The number of piperidine rings is 1. The smallest absolute Gasteiger partial charge is 0.252 e. The first-order valence-corrected chi connectivity index (χ1v) is 13.4. The summed E-state index contributed by atoms with van der Waals surface area (Å²) in [6.45, 7) is 8.01. The van der Waals surface area contributed by atoms with Gasteiger partial charge in [-0.15, -0.1) is 5.10 Å². The fraction of sp³-hybridized carbons (Fsp3) is 0.500. The number of nitrogens with one attached hydrogen (secondary N) is 1. The van der Waals surface area contributed by atoms with Crippen LogP contribution in [0.3, 0.4) is 0 Å². The van der Waals surface area contributed by atoms with E-state index in [9.17, 15) is 4.79 Å². The first kappa shape index (κ1) is 26.1. The Morgan fingerprint density at radius 3 is 2.61 bits per heavy atom. The lowest BCUT2D eigenvalue weighted by Gasteiger charge is -2.42. The normalized spacial score (nSPS) is 17.5. The molecule has 0 spiro atoms. The van der Waals surface area contributed by atoms with Crippen LogP contribution in [0.4, 0.5) is 5.82 Å². The summed E-state index contributed by atoms with van der Waals surface area (Å²) in [5.74, 6) is 7.10. The first-order valence-electron chi connectivity index (χ1n) is 13.4. The van der Waals surface area contributed by atoms with E-state index in [0.29, 0.717) is 29.4 Å². The molecule has 10 nitrogen and oxygen atoms in total. The molecule has 3 aromatic heterocycles. The maximum absolute atomic E-state index is 12.4. The number of anilines is 1. The zero-order valence-electron chi connectivity index (χ0n) is 22.6. The number of carbonyl (C=O) groups excluding carboxylic acids is 1. The van der Waals surface area contributed by atoms with E-state index in [0.717, 1.165) is 57.0 Å². The fourth-order valence-corrected chi connectivity index (χ4v) is 5.03. The SMILES string of the molecule is CN(C)CCNC(=O)c1cncc(C#Cc2cnc3ccc(N4CCC(N5CCN(C)CC5)CC4)nn23)c1. The van der Waals surface area contributed by atoms with E-state index in [-0.39, 0.29) is 5.91 Å². The Hall–Kier alpha value is -3.52. The van der Waals surface area contributed by atoms with Gasteiger partial charge in [-0.2, -0.15) is 0 Å². The van der Waals surface area contributed by atoms with Gasteiger partial charge in [-0.3, -0.25) is 14.7 Å². The molecule has 1 amide bonds. The maximum atomic E-state index is 12.4. The lowest BCUT2D eigenvalue weighted by Crippen LogP contribution is -2.52. The molecule has 38 heavy (non-hydrogen) atoms. The number of likely N-dealkylation sites (N-methyl/N-ethyl adjacent to an activating group) is 2. The van der Waals surface area contributed by atoms with Crippen LogP contribution in [0.2, 0.25) is 0 Å². The van der Waals surface area contributed by atoms with Crippen molar-refractivity contribution in [2.24, 2.45) is 0 Å². The van der Waals surface area contributed by atoms with Crippen LogP contribution in [0.25, 0.3) is 5.65 Å². The van der Waals surface area contributed by atoms with E-state index in [1.807, 2.05) is 25.1 Å². The van der Waals surface area contributed by atoms with Crippen LogP contribution in [0.1, 0.15) is 34.5 Å². The highest BCUT2D eigenvalue weighted by molar-refractivity contribution is 5.94. The summed E-state index contributed by atoms with van der Waals surface area (Å²) in [5.41, 5.74) is 2.63. The van der Waals surface area contributed by atoms with E-state index >= 15 is 0 Å². The van der Waals surface area contributed by atoms with Crippen LogP contribution < -0.4 is 10.2 Å². The Kier molecular flexibility index (Phi) is 8.17. The molecule has 5 rings (SSSR count). The molecular formula is C28H37N9O. The number of fused-ring (bicyclic) bond motifs is 1. The lowest BCUT2D eigenvalue weighted by atomic mass is 10.0. The molecule has 3 aromatic rings. The van der Waals surface area contributed by atoms with Gasteiger partial charge in [0.2, 0.25) is 0 Å². The van der Waals surface area contributed by atoms with Gasteiger partial charge in [0.15, 0.2) is 5.65 Å². The Morgan fingerprint density at radius 1 is 1.05 bits per heavy atom. The van der Waals surface area contributed by atoms with Gasteiger partial charge in [0, 0.05) is 76.4 Å². The molecule has 0 bridgehead atoms. The summed E-state index contributed by atoms with van der Waals surface area (Å²) < 4.78 is 1.81. The van der Waals surface area contributed by atoms with Crippen molar-refractivity contribution in [3.8, 4) is 11.8 Å². The standard InChI is InChI=1S/C28H37N9O/c1-33(2)13-10-30-28(38)23-18-22(19-29-20-23)4-5-25-21-31-26-6-7-27(32-37(25)26)36-11-8-24(9-12-36)35-16-14-34(3)15-17-35/h6-7,18-21,24H,8-17H2,1-3H3,(H,30,38). The summed E-state index contributed by atoms with van der Waals surface area (Å²) in [4.78, 5) is 30.6. The summed E-state index contributed by atoms with van der Waals surface area (Å²) in [6, 6.07) is 6.48. The van der Waals surface area contributed by atoms with E-state index in [2.05, 4.69) is 54.9 Å². The molecule has 2 aliphatic rings. The molecule has 0 aliphatic carbocycles. The van der Waals surface area contributed by atoms with Crippen LogP contribution in [0.5, 0.6) is 0 Å². The van der Waals surface area contributed by atoms with E-state index in [1.165, 1.54) is 13.1 Å². The number of amides is 1. The topological polar surface area (TPSA) is 85.1 Å². The average Bonchev–Trinajstić information content (AvgIpc) is 3.34. The molecule has 10 heteroatoms. The van der Waals surface area contributed by atoms with E-state index < -0.39 is 0 Å². The predicted octanol–water partition coefficient (Wildman–Crippen LogP) is 1.03. The molecule has 0 atom stereocenters. The van der Waals surface area contributed by atoms with Gasteiger partial charge in [0.1, 0.15) is 11.5 Å². The van der Waals surface area contributed by atoms with Gasteiger partial charge in [0.05, 0.1) is 11.8 Å². The number of hydrogen-bond acceptors (Lipinski definition) is 8. The number of carbonyl (C=O) groups is 1. The Morgan fingerprint density at radius 2 is 1.84 bits per heavy atom. The van der Waals surface area contributed by atoms with Crippen molar-refractivity contribution in [1.29, 1.82) is 0 Å². The van der Waals surface area contributed by atoms with Crippen LogP contribution in [0.15, 0.2) is 36.8 Å². The van der Waals surface area contributed by atoms with Crippen LogP contribution >= 0.6 is 0 Å². The number of pyridine rings is 1. The largest absolute Gasteiger partial charge is 0.355 e. The number of imidazole rings is 1. The number of rotatable bonds is 6. The molecule has 0 radical (unpaired) electrons. The van der Waals surface area contributed by atoms with Crippen LogP contribution in [0, 0.1) is 11.8 Å². The van der Waals surface area contributed by atoms with Crippen molar-refractivity contribution >= 4 is 17.4 Å². The third-order valence-corrected chi connectivity index (χ3v) is 7.37. The number of hydrogen-bond donors (Lipinski definition) is 1. The molecule has 1 N–H and O–H groups in total. The van der Waals surface area contributed by atoms with Crippen molar-refractivity contribution in [3.63, 3.8) is 0 Å². The van der Waals surface area contributed by atoms with Crippen LogP contribution in [-0.4, -0.2) is 120 Å². The van der Waals surface area contributed by atoms with Crippen molar-refractivity contribution in [2.75, 3.05) is 78.4 Å². The third kappa shape index (κ3) is 6.30. The van der Waals surface area contributed by atoms with E-state index in [4.69, 9.17) is 5.10 Å². The summed E-state index contributed by atoms with van der Waals surface area (Å²) in [5, 5.41) is 7.80. The number of piperazine rings is 1. The molecule has 200 valence electrons. The van der Waals surface area contributed by atoms with Gasteiger partial charge >= 0.3 is 0 Å². The zero-order chi connectivity index (χ0) is 26.5. The van der Waals surface area contributed by atoms with Crippen molar-refractivity contribution < 1.29 is 4.79 Å². The second kappa shape index (κ2) is 11.9. The van der Waals surface area contributed by atoms with Crippen molar-refractivity contribution in [2.45, 2.75) is 18.9 Å². The number of nitrogens with zero attached hydrogens (tertiary/aromatic N) is 8. The molecule has 2 fully saturated rings. The maximum Gasteiger partial charge on any atom is 0.252 e.